The smallest absolute Gasteiger partial charge is 0.187 e. The summed E-state index contributed by atoms with van der Waals surface area (Å²) >= 11 is 1.52. The highest BCUT2D eigenvalue weighted by molar-refractivity contribution is 7.14. The van der Waals surface area contributed by atoms with Crippen LogP contribution < -0.4 is 5.32 Å². The average molecular weight is 282 g/mol. The monoisotopic (exact) mass is 282 g/mol. The average Bonchev–Trinajstić information content (AvgIpc) is 2.90. The fourth-order valence-electron chi connectivity index (χ4n) is 1.91. The Morgan fingerprint density at radius 1 is 1.05 bits per heavy atom. The molecule has 0 spiro atoms. The van der Waals surface area contributed by atoms with Gasteiger partial charge in [0.2, 0.25) is 0 Å². The second-order valence-corrected chi connectivity index (χ2v) is 5.40. The number of nitrogens with one attached hydrogen (secondary N) is 1. The molecule has 2 N–H and O–H groups in total. The highest BCUT2D eigenvalue weighted by Crippen LogP contribution is 2.32. The second kappa shape index (κ2) is 5.35. The van der Waals surface area contributed by atoms with Crippen molar-refractivity contribution < 1.29 is 5.11 Å². The van der Waals surface area contributed by atoms with Gasteiger partial charge in [-0.05, 0) is 31.2 Å². The standard InChI is InChI=1S/C16H14N2OS/c1-11-6-8-12(9-7-11)17-16-18-14(10-20-16)13-4-2-3-5-15(13)19/h2-10,19H,1H3,(H,17,18). The van der Waals surface area contributed by atoms with E-state index in [4.69, 9.17) is 0 Å². The molecule has 0 saturated heterocycles. The lowest BCUT2D eigenvalue weighted by Crippen LogP contribution is -1.89. The molecule has 100 valence electrons. The molecule has 3 aromatic rings. The summed E-state index contributed by atoms with van der Waals surface area (Å²) in [6.07, 6.45) is 0. The number of phenolic OH excluding ortho intramolecular Hbond substituents is 1. The van der Waals surface area contributed by atoms with Crippen molar-refractivity contribution in [2.75, 3.05) is 5.32 Å². The Labute approximate surface area is 121 Å². The van der Waals surface area contributed by atoms with Gasteiger partial charge in [0.1, 0.15) is 5.75 Å². The molecule has 0 atom stereocenters. The number of hydrogen-bond acceptors (Lipinski definition) is 4. The summed E-state index contributed by atoms with van der Waals surface area (Å²) in [5.41, 5.74) is 3.77. The molecule has 1 aromatic heterocycles. The van der Waals surface area contributed by atoms with Crippen LogP contribution in [0.5, 0.6) is 5.75 Å². The fourth-order valence-corrected chi connectivity index (χ4v) is 2.64. The molecule has 0 bridgehead atoms. The van der Waals surface area contributed by atoms with E-state index < -0.39 is 0 Å². The highest BCUT2D eigenvalue weighted by atomic mass is 32.1. The van der Waals surface area contributed by atoms with Crippen molar-refractivity contribution in [1.29, 1.82) is 0 Å². The molecule has 0 unspecified atom stereocenters. The third-order valence-corrected chi connectivity index (χ3v) is 3.74. The summed E-state index contributed by atoms with van der Waals surface area (Å²) in [6, 6.07) is 15.4. The van der Waals surface area contributed by atoms with Crippen molar-refractivity contribution in [2.24, 2.45) is 0 Å². The number of nitrogens with zero attached hydrogens (tertiary/aromatic N) is 1. The first-order valence-electron chi connectivity index (χ1n) is 6.30. The third-order valence-electron chi connectivity index (χ3n) is 2.99. The summed E-state index contributed by atoms with van der Waals surface area (Å²) in [6.45, 7) is 2.06. The number of phenols is 1. The quantitative estimate of drug-likeness (QED) is 0.739. The molecule has 0 aliphatic heterocycles. The van der Waals surface area contributed by atoms with Gasteiger partial charge in [-0.2, -0.15) is 0 Å². The van der Waals surface area contributed by atoms with Crippen molar-refractivity contribution in [3.8, 4) is 17.0 Å². The largest absolute Gasteiger partial charge is 0.507 e. The topological polar surface area (TPSA) is 45.2 Å². The minimum atomic E-state index is 0.250. The molecule has 0 saturated carbocycles. The minimum absolute atomic E-state index is 0.250. The second-order valence-electron chi connectivity index (χ2n) is 4.55. The van der Waals surface area contributed by atoms with Crippen LogP contribution >= 0.6 is 11.3 Å². The van der Waals surface area contributed by atoms with Crippen LogP contribution in [-0.4, -0.2) is 10.1 Å². The maximum absolute atomic E-state index is 9.84. The van der Waals surface area contributed by atoms with Crippen molar-refractivity contribution in [1.82, 2.24) is 4.98 Å². The molecule has 0 radical (unpaired) electrons. The maximum Gasteiger partial charge on any atom is 0.187 e. The molecule has 0 fully saturated rings. The number of aromatic hydroxyl groups is 1. The summed E-state index contributed by atoms with van der Waals surface area (Å²) < 4.78 is 0. The first-order chi connectivity index (χ1) is 9.72. The van der Waals surface area contributed by atoms with Gasteiger partial charge in [-0.25, -0.2) is 4.98 Å². The van der Waals surface area contributed by atoms with E-state index in [1.165, 1.54) is 16.9 Å². The molecule has 0 amide bonds. The van der Waals surface area contributed by atoms with E-state index >= 15 is 0 Å². The first-order valence-corrected chi connectivity index (χ1v) is 7.18. The van der Waals surface area contributed by atoms with E-state index in [2.05, 4.69) is 29.4 Å². The van der Waals surface area contributed by atoms with Gasteiger partial charge < -0.3 is 10.4 Å². The molecule has 0 aliphatic rings. The SMILES string of the molecule is Cc1ccc(Nc2nc(-c3ccccc3O)cs2)cc1. The molecular formula is C16H14N2OS. The first kappa shape index (κ1) is 12.7. The molecule has 4 heteroatoms. The highest BCUT2D eigenvalue weighted by Gasteiger charge is 2.08. The van der Waals surface area contributed by atoms with Crippen LogP contribution in [0, 0.1) is 6.92 Å². The number of rotatable bonds is 3. The van der Waals surface area contributed by atoms with E-state index in [9.17, 15) is 5.11 Å². The van der Waals surface area contributed by atoms with Gasteiger partial charge in [-0.1, -0.05) is 29.8 Å². The predicted octanol–water partition coefficient (Wildman–Crippen LogP) is 4.57. The lowest BCUT2D eigenvalue weighted by Gasteiger charge is -2.03. The van der Waals surface area contributed by atoms with Crippen molar-refractivity contribution in [3.63, 3.8) is 0 Å². The number of thiazole rings is 1. The van der Waals surface area contributed by atoms with Gasteiger partial charge in [-0.3, -0.25) is 0 Å². The van der Waals surface area contributed by atoms with E-state index in [1.807, 2.05) is 29.6 Å². The van der Waals surface area contributed by atoms with Crippen LogP contribution in [0.15, 0.2) is 53.9 Å². The predicted molar refractivity (Wildman–Crippen MR) is 83.7 cm³/mol. The Hall–Kier alpha value is -2.33. The van der Waals surface area contributed by atoms with E-state index in [0.717, 1.165) is 22.1 Å². The molecule has 3 nitrogen and oxygen atoms in total. The van der Waals surface area contributed by atoms with Crippen molar-refractivity contribution in [3.05, 3.63) is 59.5 Å². The summed E-state index contributed by atoms with van der Waals surface area (Å²) in [4.78, 5) is 4.51. The normalized spacial score (nSPS) is 10.4. The summed E-state index contributed by atoms with van der Waals surface area (Å²) in [7, 11) is 0. The summed E-state index contributed by atoms with van der Waals surface area (Å²) in [5, 5.41) is 15.9. The Balaban J connectivity index is 1.84. The van der Waals surface area contributed by atoms with Crippen molar-refractivity contribution >= 4 is 22.2 Å². The fraction of sp³-hybridized carbons (Fsp3) is 0.0625. The van der Waals surface area contributed by atoms with Crippen molar-refractivity contribution in [2.45, 2.75) is 6.92 Å². The molecule has 2 aromatic carbocycles. The van der Waals surface area contributed by atoms with Gasteiger partial charge in [0.25, 0.3) is 0 Å². The zero-order chi connectivity index (χ0) is 13.9. The number of anilines is 2. The van der Waals surface area contributed by atoms with Gasteiger partial charge in [-0.15, -0.1) is 11.3 Å². The Morgan fingerprint density at radius 2 is 1.80 bits per heavy atom. The van der Waals surface area contributed by atoms with Crippen LogP contribution in [0.25, 0.3) is 11.3 Å². The molecule has 1 heterocycles. The Kier molecular flexibility index (Phi) is 3.39. The van der Waals surface area contributed by atoms with Crippen LogP contribution in [0.1, 0.15) is 5.56 Å². The number of hydrogen-bond donors (Lipinski definition) is 2. The third kappa shape index (κ3) is 2.65. The van der Waals surface area contributed by atoms with Crippen LogP contribution in [0.2, 0.25) is 0 Å². The molecule has 3 rings (SSSR count). The zero-order valence-electron chi connectivity index (χ0n) is 11.0. The van der Waals surface area contributed by atoms with Crippen LogP contribution in [-0.2, 0) is 0 Å². The van der Waals surface area contributed by atoms with Gasteiger partial charge >= 0.3 is 0 Å². The minimum Gasteiger partial charge on any atom is -0.507 e. The number of benzene rings is 2. The lowest BCUT2D eigenvalue weighted by atomic mass is 10.1. The maximum atomic E-state index is 9.84. The number of aryl methyl sites for hydroxylation is 1. The van der Waals surface area contributed by atoms with Gasteiger partial charge in [0, 0.05) is 16.6 Å². The molecular weight excluding hydrogens is 268 g/mol. The van der Waals surface area contributed by atoms with Gasteiger partial charge in [0.15, 0.2) is 5.13 Å². The van der Waals surface area contributed by atoms with E-state index in [1.54, 1.807) is 12.1 Å². The zero-order valence-corrected chi connectivity index (χ0v) is 11.8. The Morgan fingerprint density at radius 3 is 2.55 bits per heavy atom. The Bertz CT molecular complexity index is 719. The summed E-state index contributed by atoms with van der Waals surface area (Å²) in [5.74, 6) is 0.250. The number of aromatic nitrogens is 1. The number of para-hydroxylation sites is 1. The van der Waals surface area contributed by atoms with Crippen LogP contribution in [0.3, 0.4) is 0 Å². The molecule has 20 heavy (non-hydrogen) atoms. The lowest BCUT2D eigenvalue weighted by molar-refractivity contribution is 0.477. The van der Waals surface area contributed by atoms with E-state index in [0.29, 0.717) is 0 Å². The molecule has 0 aliphatic carbocycles. The van der Waals surface area contributed by atoms with E-state index in [-0.39, 0.29) is 5.75 Å². The van der Waals surface area contributed by atoms with Crippen LogP contribution in [0.4, 0.5) is 10.8 Å². The van der Waals surface area contributed by atoms with Gasteiger partial charge in [0.05, 0.1) is 5.69 Å².